The number of aliphatic hydroxyl groups excluding tert-OH is 4. The number of aliphatic hydroxyl groups is 4. The number of rotatable bonds is 6. The van der Waals surface area contributed by atoms with E-state index in [-0.39, 0.29) is 12.5 Å². The first-order valence-electron chi connectivity index (χ1n) is 10.6. The van der Waals surface area contributed by atoms with Gasteiger partial charge in [0.05, 0.1) is 13.2 Å². The maximum absolute atomic E-state index is 12.8. The Bertz CT molecular complexity index is 910. The fourth-order valence-corrected chi connectivity index (χ4v) is 3.98. The Kier molecular flexibility index (Phi) is 6.92. The lowest BCUT2D eigenvalue weighted by molar-refractivity contribution is -0.277. The van der Waals surface area contributed by atoms with Crippen molar-refractivity contribution in [1.29, 1.82) is 0 Å². The molecule has 0 unspecified atom stereocenters. The Morgan fingerprint density at radius 2 is 1.66 bits per heavy atom. The maximum atomic E-state index is 12.8. The van der Waals surface area contributed by atoms with Crippen LogP contribution < -0.4 is 9.64 Å². The Hall–Kier alpha value is -2.69. The van der Waals surface area contributed by atoms with Crippen molar-refractivity contribution in [1.82, 2.24) is 4.90 Å². The average molecular weight is 444 g/mol. The Balaban J connectivity index is 1.43. The lowest BCUT2D eigenvalue weighted by atomic mass is 9.99. The van der Waals surface area contributed by atoms with Gasteiger partial charge in [0.2, 0.25) is 12.2 Å². The van der Waals surface area contributed by atoms with Crippen LogP contribution in [-0.4, -0.2) is 88.2 Å². The number of carbonyl (C=O) groups is 1. The zero-order valence-corrected chi connectivity index (χ0v) is 17.5. The van der Waals surface area contributed by atoms with Gasteiger partial charge in [-0.15, -0.1) is 0 Å². The van der Waals surface area contributed by atoms with Crippen molar-refractivity contribution in [2.24, 2.45) is 0 Å². The number of carbonyl (C=O) groups excluding carboxylic acids is 1. The molecule has 2 fully saturated rings. The molecule has 2 aliphatic rings. The van der Waals surface area contributed by atoms with Crippen molar-refractivity contribution in [3.8, 4) is 5.75 Å². The molecule has 172 valence electrons. The fourth-order valence-electron chi connectivity index (χ4n) is 3.98. The van der Waals surface area contributed by atoms with Crippen LogP contribution in [0.1, 0.15) is 5.56 Å². The molecule has 0 bridgehead atoms. The first kappa shape index (κ1) is 22.5. The molecule has 0 radical (unpaired) electrons. The fraction of sp³-hybridized carbons (Fsp3) is 0.435. The first-order chi connectivity index (χ1) is 15.5. The summed E-state index contributed by atoms with van der Waals surface area (Å²) in [7, 11) is 0. The van der Waals surface area contributed by atoms with Crippen molar-refractivity contribution in [2.75, 3.05) is 31.1 Å². The van der Waals surface area contributed by atoms with Gasteiger partial charge in [-0.25, -0.2) is 0 Å². The molecular formula is C23H28N2O7. The Morgan fingerprint density at radius 1 is 0.938 bits per heavy atom. The van der Waals surface area contributed by atoms with Crippen molar-refractivity contribution >= 4 is 11.6 Å². The van der Waals surface area contributed by atoms with Crippen LogP contribution in [0.25, 0.3) is 0 Å². The molecule has 9 heteroatoms. The summed E-state index contributed by atoms with van der Waals surface area (Å²) in [6, 6.07) is 16.8. The number of ether oxygens (including phenoxy) is 2. The molecule has 32 heavy (non-hydrogen) atoms. The van der Waals surface area contributed by atoms with Crippen LogP contribution in [0.4, 0.5) is 5.69 Å². The van der Waals surface area contributed by atoms with E-state index in [1.807, 2.05) is 47.4 Å². The van der Waals surface area contributed by atoms with E-state index < -0.39 is 37.3 Å². The number of hydrogen-bond acceptors (Lipinski definition) is 8. The predicted octanol–water partition coefficient (Wildman–Crippen LogP) is -0.286. The predicted molar refractivity (Wildman–Crippen MR) is 115 cm³/mol. The summed E-state index contributed by atoms with van der Waals surface area (Å²) in [5.74, 6) is 0.373. The quantitative estimate of drug-likeness (QED) is 0.480. The molecule has 2 aliphatic heterocycles. The van der Waals surface area contributed by atoms with E-state index in [2.05, 4.69) is 0 Å². The van der Waals surface area contributed by atoms with Crippen LogP contribution in [0.2, 0.25) is 0 Å². The average Bonchev–Trinajstić information content (AvgIpc) is 2.82. The van der Waals surface area contributed by atoms with Gasteiger partial charge in [-0.2, -0.15) is 0 Å². The van der Waals surface area contributed by atoms with E-state index in [1.165, 1.54) is 0 Å². The highest BCUT2D eigenvalue weighted by Crippen LogP contribution is 2.28. The molecule has 2 aromatic rings. The number of para-hydroxylation sites is 2. The normalized spacial score (nSPS) is 28.6. The molecule has 1 amide bonds. The smallest absolute Gasteiger partial charge is 0.242 e. The molecule has 0 spiro atoms. The molecule has 4 rings (SSSR count). The summed E-state index contributed by atoms with van der Waals surface area (Å²) in [5.41, 5.74) is 1.72. The third kappa shape index (κ3) is 4.72. The molecule has 0 saturated carbocycles. The highest BCUT2D eigenvalue weighted by molar-refractivity contribution is 5.82. The van der Waals surface area contributed by atoms with Crippen LogP contribution in [-0.2, 0) is 16.1 Å². The molecule has 0 aromatic heterocycles. The molecule has 9 nitrogen and oxygen atoms in total. The summed E-state index contributed by atoms with van der Waals surface area (Å²) in [5, 5.41) is 39.6. The van der Waals surface area contributed by atoms with Gasteiger partial charge in [0.25, 0.3) is 0 Å². The van der Waals surface area contributed by atoms with Gasteiger partial charge in [0, 0.05) is 30.9 Å². The first-order valence-corrected chi connectivity index (χ1v) is 10.6. The highest BCUT2D eigenvalue weighted by atomic mass is 16.7. The van der Waals surface area contributed by atoms with Gasteiger partial charge in [-0.05, 0) is 18.2 Å². The minimum absolute atomic E-state index is 0.0113. The van der Waals surface area contributed by atoms with E-state index in [1.54, 1.807) is 17.0 Å². The van der Waals surface area contributed by atoms with Crippen molar-refractivity contribution in [3.05, 3.63) is 60.2 Å². The number of piperazine rings is 1. The second-order valence-electron chi connectivity index (χ2n) is 8.00. The molecule has 5 atom stereocenters. The second kappa shape index (κ2) is 9.85. The van der Waals surface area contributed by atoms with Gasteiger partial charge in [0.15, 0.2) is 0 Å². The molecule has 0 aliphatic carbocycles. The van der Waals surface area contributed by atoms with E-state index in [4.69, 9.17) is 9.47 Å². The summed E-state index contributed by atoms with van der Waals surface area (Å²) in [6.07, 6.45) is -6.82. The van der Waals surface area contributed by atoms with Gasteiger partial charge in [-0.3, -0.25) is 4.79 Å². The van der Waals surface area contributed by atoms with E-state index in [0.29, 0.717) is 30.9 Å². The molecule has 2 saturated heterocycles. The van der Waals surface area contributed by atoms with E-state index in [0.717, 1.165) is 5.69 Å². The minimum atomic E-state index is -1.52. The summed E-state index contributed by atoms with van der Waals surface area (Å²) >= 11 is 0. The van der Waals surface area contributed by atoms with Gasteiger partial charge >= 0.3 is 0 Å². The topological polar surface area (TPSA) is 123 Å². The number of hydrogen-bond donors (Lipinski definition) is 4. The minimum Gasteiger partial charge on any atom is -0.462 e. The number of amides is 1. The van der Waals surface area contributed by atoms with Crippen molar-refractivity contribution in [3.63, 3.8) is 0 Å². The number of anilines is 1. The lowest BCUT2D eigenvalue weighted by Crippen LogP contribution is -2.60. The van der Waals surface area contributed by atoms with E-state index >= 15 is 0 Å². The largest absolute Gasteiger partial charge is 0.462 e. The number of nitrogens with zero attached hydrogens (tertiary/aromatic N) is 2. The third-order valence-corrected chi connectivity index (χ3v) is 5.87. The summed E-state index contributed by atoms with van der Waals surface area (Å²) in [4.78, 5) is 16.6. The lowest BCUT2D eigenvalue weighted by Gasteiger charge is -2.40. The standard InChI is InChI=1S/C23H28N2O7/c26-14-18-20(28)21(29)22(30)23(32-18)31-17-9-5-4-6-15(17)12-25-11-10-24(13-19(25)27)16-7-2-1-3-8-16/h1-9,18,20-23,26,28-30H,10-14H2/t18-,20-,21-,22+,23-/m1/s1. The van der Waals surface area contributed by atoms with Crippen LogP contribution in [0, 0.1) is 0 Å². The molecule has 4 N–H and O–H groups in total. The maximum Gasteiger partial charge on any atom is 0.242 e. The van der Waals surface area contributed by atoms with Crippen LogP contribution in [0.5, 0.6) is 5.75 Å². The van der Waals surface area contributed by atoms with Crippen LogP contribution in [0.3, 0.4) is 0 Å². The highest BCUT2D eigenvalue weighted by Gasteiger charge is 2.44. The van der Waals surface area contributed by atoms with Crippen LogP contribution in [0.15, 0.2) is 54.6 Å². The number of benzene rings is 2. The molecule has 2 heterocycles. The molecular weight excluding hydrogens is 416 g/mol. The second-order valence-corrected chi connectivity index (χ2v) is 8.00. The van der Waals surface area contributed by atoms with Crippen molar-refractivity contribution in [2.45, 2.75) is 37.3 Å². The Labute approximate surface area is 186 Å². The van der Waals surface area contributed by atoms with Gasteiger partial charge < -0.3 is 39.7 Å². The van der Waals surface area contributed by atoms with Crippen LogP contribution >= 0.6 is 0 Å². The zero-order valence-electron chi connectivity index (χ0n) is 17.5. The SMILES string of the molecule is O=C1CN(c2ccccc2)CCN1Cc1ccccc1O[C@@H]1O[C@H](CO)[C@@H](O)[C@@H](O)[C@@H]1O. The Morgan fingerprint density at radius 3 is 2.38 bits per heavy atom. The van der Waals surface area contributed by atoms with E-state index in [9.17, 15) is 25.2 Å². The molecule has 2 aromatic carbocycles. The van der Waals surface area contributed by atoms with Gasteiger partial charge in [-0.1, -0.05) is 36.4 Å². The monoisotopic (exact) mass is 444 g/mol. The third-order valence-electron chi connectivity index (χ3n) is 5.87. The van der Waals surface area contributed by atoms with Gasteiger partial charge in [0.1, 0.15) is 30.2 Å². The van der Waals surface area contributed by atoms with Crippen molar-refractivity contribution < 1.29 is 34.7 Å². The summed E-state index contributed by atoms with van der Waals surface area (Å²) in [6.45, 7) is 1.30. The summed E-state index contributed by atoms with van der Waals surface area (Å²) < 4.78 is 11.3. The zero-order chi connectivity index (χ0) is 22.7.